The first-order valence-electron chi connectivity index (χ1n) is 10.1. The van der Waals surface area contributed by atoms with Crippen LogP contribution in [-0.4, -0.2) is 23.9 Å². The highest BCUT2D eigenvalue weighted by molar-refractivity contribution is 6.07. The van der Waals surface area contributed by atoms with Gasteiger partial charge in [0, 0.05) is 18.5 Å². The van der Waals surface area contributed by atoms with Gasteiger partial charge in [-0.25, -0.2) is 4.79 Å². The number of benzene rings is 1. The maximum atomic E-state index is 12.7. The van der Waals surface area contributed by atoms with E-state index in [1.54, 1.807) is 6.92 Å². The third-order valence-electron chi connectivity index (χ3n) is 6.83. The van der Waals surface area contributed by atoms with Gasteiger partial charge in [0.15, 0.2) is 0 Å². The van der Waals surface area contributed by atoms with Crippen LogP contribution in [0.1, 0.15) is 50.2 Å². The quantitative estimate of drug-likeness (QED) is 0.557. The highest BCUT2D eigenvalue weighted by Crippen LogP contribution is 2.41. The monoisotopic (exact) mass is 420 g/mol. The standard InChI is InChI=1S/C21H28N4O3.ClH/c1-21(19(27)24-20(28)25-21)16-7-5-12(6-8-16)11-23-18(26)15-9-13-3-2-4-14(10-15)17(13)22;/h5-8,13-15,17H,2-4,9-11,22H2,1H3,(H,23,26)(H2,24,25,27,28);1H. The minimum absolute atomic E-state index is 0. The lowest BCUT2D eigenvalue weighted by atomic mass is 9.65. The Morgan fingerprint density at radius 1 is 1.17 bits per heavy atom. The van der Waals surface area contributed by atoms with E-state index in [0.29, 0.717) is 23.9 Å². The van der Waals surface area contributed by atoms with Crippen molar-refractivity contribution in [2.24, 2.45) is 23.5 Å². The maximum Gasteiger partial charge on any atom is 0.322 e. The predicted molar refractivity (Wildman–Crippen MR) is 111 cm³/mol. The molecule has 5 N–H and O–H groups in total. The van der Waals surface area contributed by atoms with Crippen molar-refractivity contribution >= 4 is 30.3 Å². The molecular weight excluding hydrogens is 392 g/mol. The number of imide groups is 1. The van der Waals surface area contributed by atoms with Crippen LogP contribution in [0.2, 0.25) is 0 Å². The molecule has 1 heterocycles. The van der Waals surface area contributed by atoms with Crippen LogP contribution in [0, 0.1) is 17.8 Å². The normalized spacial score (nSPS) is 33.3. The van der Waals surface area contributed by atoms with Gasteiger partial charge in [0.2, 0.25) is 5.91 Å². The van der Waals surface area contributed by atoms with Crippen LogP contribution in [0.15, 0.2) is 24.3 Å². The topological polar surface area (TPSA) is 113 Å². The minimum atomic E-state index is -1.06. The molecule has 158 valence electrons. The van der Waals surface area contributed by atoms with Gasteiger partial charge in [0.25, 0.3) is 5.91 Å². The van der Waals surface area contributed by atoms with E-state index in [0.717, 1.165) is 31.2 Å². The van der Waals surface area contributed by atoms with Crippen molar-refractivity contribution in [1.29, 1.82) is 0 Å². The molecule has 0 aromatic heterocycles. The van der Waals surface area contributed by atoms with E-state index >= 15 is 0 Å². The number of carbonyl (C=O) groups excluding carboxylic acids is 3. The Morgan fingerprint density at radius 2 is 1.79 bits per heavy atom. The van der Waals surface area contributed by atoms with Gasteiger partial charge in [-0.05, 0) is 55.6 Å². The summed E-state index contributed by atoms with van der Waals surface area (Å²) in [5.41, 5.74) is 6.93. The molecule has 1 aromatic rings. The summed E-state index contributed by atoms with van der Waals surface area (Å²) in [5, 5.41) is 7.97. The van der Waals surface area contributed by atoms with E-state index in [-0.39, 0.29) is 36.2 Å². The molecule has 0 radical (unpaired) electrons. The van der Waals surface area contributed by atoms with Gasteiger partial charge >= 0.3 is 6.03 Å². The van der Waals surface area contributed by atoms with Gasteiger partial charge in [-0.15, -0.1) is 12.4 Å². The third-order valence-corrected chi connectivity index (χ3v) is 6.83. The fourth-order valence-corrected chi connectivity index (χ4v) is 5.04. The summed E-state index contributed by atoms with van der Waals surface area (Å²) in [6, 6.07) is 7.17. The van der Waals surface area contributed by atoms with Crippen LogP contribution < -0.4 is 21.7 Å². The predicted octanol–water partition coefficient (Wildman–Crippen LogP) is 1.93. The fourth-order valence-electron chi connectivity index (χ4n) is 5.04. The van der Waals surface area contributed by atoms with Crippen molar-refractivity contribution < 1.29 is 14.4 Å². The molecule has 29 heavy (non-hydrogen) atoms. The number of hydrogen-bond acceptors (Lipinski definition) is 4. The Balaban J connectivity index is 0.00000240. The molecule has 1 saturated heterocycles. The molecule has 4 amide bonds. The molecule has 1 aromatic carbocycles. The summed E-state index contributed by atoms with van der Waals surface area (Å²) in [4.78, 5) is 36.1. The molecule has 2 saturated carbocycles. The average molecular weight is 421 g/mol. The first-order chi connectivity index (χ1) is 13.4. The molecule has 1 aliphatic heterocycles. The summed E-state index contributed by atoms with van der Waals surface area (Å²) < 4.78 is 0. The van der Waals surface area contributed by atoms with Gasteiger partial charge < -0.3 is 16.4 Å². The van der Waals surface area contributed by atoms with Crippen LogP contribution in [0.3, 0.4) is 0 Å². The van der Waals surface area contributed by atoms with Gasteiger partial charge in [0.1, 0.15) is 5.54 Å². The van der Waals surface area contributed by atoms with Gasteiger partial charge in [-0.3, -0.25) is 14.9 Å². The number of rotatable bonds is 4. The summed E-state index contributed by atoms with van der Waals surface area (Å²) >= 11 is 0. The summed E-state index contributed by atoms with van der Waals surface area (Å²) in [5.74, 6) is 0.777. The number of hydrogen-bond donors (Lipinski definition) is 4. The Labute approximate surface area is 177 Å². The van der Waals surface area contributed by atoms with E-state index in [1.165, 1.54) is 6.42 Å². The van der Waals surface area contributed by atoms with Crippen LogP contribution in [0.4, 0.5) is 4.79 Å². The Kier molecular flexibility index (Phi) is 6.19. The molecule has 2 aliphatic carbocycles. The lowest BCUT2D eigenvalue weighted by Crippen LogP contribution is -2.49. The number of fused-ring (bicyclic) bond motifs is 2. The number of carbonyl (C=O) groups is 3. The largest absolute Gasteiger partial charge is 0.352 e. The lowest BCUT2D eigenvalue weighted by molar-refractivity contribution is -0.128. The summed E-state index contributed by atoms with van der Waals surface area (Å²) in [7, 11) is 0. The van der Waals surface area contributed by atoms with Crippen LogP contribution in [0.25, 0.3) is 0 Å². The molecule has 2 bridgehead atoms. The molecule has 8 heteroatoms. The second kappa shape index (κ2) is 8.32. The third kappa shape index (κ3) is 4.12. The second-order valence-corrected chi connectivity index (χ2v) is 8.64. The lowest BCUT2D eigenvalue weighted by Gasteiger charge is -2.43. The molecule has 3 aliphatic rings. The van der Waals surface area contributed by atoms with E-state index in [4.69, 9.17) is 5.73 Å². The van der Waals surface area contributed by atoms with Crippen molar-refractivity contribution in [3.05, 3.63) is 35.4 Å². The zero-order chi connectivity index (χ0) is 19.9. The van der Waals surface area contributed by atoms with Gasteiger partial charge in [0.05, 0.1) is 0 Å². The Hall–Kier alpha value is -2.12. The van der Waals surface area contributed by atoms with E-state index in [1.807, 2.05) is 24.3 Å². The second-order valence-electron chi connectivity index (χ2n) is 8.64. The fraction of sp³-hybridized carbons (Fsp3) is 0.571. The molecule has 4 rings (SSSR count). The van der Waals surface area contributed by atoms with Crippen molar-refractivity contribution in [1.82, 2.24) is 16.0 Å². The van der Waals surface area contributed by atoms with Crippen molar-refractivity contribution in [2.75, 3.05) is 0 Å². The zero-order valence-electron chi connectivity index (χ0n) is 16.6. The van der Waals surface area contributed by atoms with Crippen molar-refractivity contribution in [3.8, 4) is 0 Å². The SMILES string of the molecule is CC1(c2ccc(CNC(=O)C3CC4CCCC(C3)C4N)cc2)NC(=O)NC1=O.Cl. The average Bonchev–Trinajstić information content (AvgIpc) is 2.92. The molecule has 3 atom stereocenters. The van der Waals surface area contributed by atoms with E-state index in [9.17, 15) is 14.4 Å². The number of nitrogens with two attached hydrogens (primary N) is 1. The Bertz CT molecular complexity index is 786. The first-order valence-corrected chi connectivity index (χ1v) is 10.1. The highest BCUT2D eigenvalue weighted by atomic mass is 35.5. The Morgan fingerprint density at radius 3 is 2.34 bits per heavy atom. The van der Waals surface area contributed by atoms with E-state index in [2.05, 4.69) is 16.0 Å². The van der Waals surface area contributed by atoms with Crippen LogP contribution >= 0.6 is 12.4 Å². The number of halogens is 1. The molecular formula is C21H29ClN4O3. The summed E-state index contributed by atoms with van der Waals surface area (Å²) in [6.07, 6.45) is 5.32. The van der Waals surface area contributed by atoms with Gasteiger partial charge in [-0.2, -0.15) is 0 Å². The van der Waals surface area contributed by atoms with Gasteiger partial charge in [-0.1, -0.05) is 30.7 Å². The maximum absolute atomic E-state index is 12.7. The zero-order valence-corrected chi connectivity index (χ0v) is 17.4. The van der Waals surface area contributed by atoms with Crippen LogP contribution in [0.5, 0.6) is 0 Å². The summed E-state index contributed by atoms with van der Waals surface area (Å²) in [6.45, 7) is 2.13. The molecule has 3 fully saturated rings. The van der Waals surface area contributed by atoms with Crippen LogP contribution in [-0.2, 0) is 21.7 Å². The molecule has 0 spiro atoms. The van der Waals surface area contributed by atoms with E-state index < -0.39 is 11.6 Å². The van der Waals surface area contributed by atoms with Crippen molar-refractivity contribution in [2.45, 2.75) is 57.2 Å². The molecule has 3 unspecified atom stereocenters. The minimum Gasteiger partial charge on any atom is -0.352 e. The smallest absolute Gasteiger partial charge is 0.322 e. The highest BCUT2D eigenvalue weighted by Gasteiger charge is 2.43. The molecule has 7 nitrogen and oxygen atoms in total. The number of amides is 4. The number of urea groups is 1. The number of nitrogens with one attached hydrogen (secondary N) is 3. The van der Waals surface area contributed by atoms with Crippen molar-refractivity contribution in [3.63, 3.8) is 0 Å². The first kappa shape index (κ1) is 21.6.